The summed E-state index contributed by atoms with van der Waals surface area (Å²) in [6.07, 6.45) is 0.817. The Morgan fingerprint density at radius 3 is 2.52 bits per heavy atom. The van der Waals surface area contributed by atoms with Gasteiger partial charge in [0.2, 0.25) is 0 Å². The van der Waals surface area contributed by atoms with E-state index in [9.17, 15) is 4.79 Å². The molecule has 0 aromatic heterocycles. The molecule has 6 nitrogen and oxygen atoms in total. The van der Waals surface area contributed by atoms with Gasteiger partial charge in [-0.2, -0.15) is 10.5 Å². The zero-order valence-electron chi connectivity index (χ0n) is 12.0. The summed E-state index contributed by atoms with van der Waals surface area (Å²) >= 11 is 0. The number of hydrogen-bond donors (Lipinski definition) is 3. The number of hydrogen-bond acceptors (Lipinski definition) is 4. The third-order valence-corrected chi connectivity index (χ3v) is 2.63. The lowest BCUT2D eigenvalue weighted by Crippen LogP contribution is -2.30. The van der Waals surface area contributed by atoms with Crippen LogP contribution in [0.4, 0.5) is 10.5 Å². The highest BCUT2D eigenvalue weighted by Gasteiger charge is 2.10. The van der Waals surface area contributed by atoms with Gasteiger partial charge in [-0.15, -0.1) is 0 Å². The highest BCUT2D eigenvalue weighted by Crippen LogP contribution is 2.18. The molecule has 1 aromatic rings. The van der Waals surface area contributed by atoms with Crippen LogP contribution < -0.4 is 16.4 Å². The predicted octanol–water partition coefficient (Wildman–Crippen LogP) is 2.22. The molecule has 21 heavy (non-hydrogen) atoms. The summed E-state index contributed by atoms with van der Waals surface area (Å²) in [4.78, 5) is 11.9. The van der Waals surface area contributed by atoms with E-state index in [0.717, 1.165) is 12.0 Å². The van der Waals surface area contributed by atoms with Gasteiger partial charge in [0.15, 0.2) is 5.70 Å². The van der Waals surface area contributed by atoms with Crippen molar-refractivity contribution in [2.24, 2.45) is 11.7 Å². The summed E-state index contributed by atoms with van der Waals surface area (Å²) in [6, 6.07) is 10.1. The second-order valence-corrected chi connectivity index (χ2v) is 4.85. The maximum Gasteiger partial charge on any atom is 0.324 e. The topological polar surface area (TPSA) is 115 Å². The van der Waals surface area contributed by atoms with Gasteiger partial charge >= 0.3 is 6.03 Å². The number of nitrogens with two attached hydrogens (primary N) is 1. The number of nitriles is 2. The van der Waals surface area contributed by atoms with Crippen molar-refractivity contribution in [1.29, 1.82) is 10.5 Å². The quantitative estimate of drug-likeness (QED) is 0.735. The van der Waals surface area contributed by atoms with Crippen LogP contribution in [0.15, 0.2) is 35.7 Å². The molecular formula is C15H17N5O. The average Bonchev–Trinajstić information content (AvgIpc) is 2.45. The number of anilines is 1. The number of allylic oxidation sites excluding steroid dienone is 2. The summed E-state index contributed by atoms with van der Waals surface area (Å²) < 4.78 is 0. The number of amides is 2. The molecule has 0 spiro atoms. The molecule has 1 aromatic carbocycles. The number of carbonyl (C=O) groups excluding carboxylic acids is 1. The fourth-order valence-corrected chi connectivity index (χ4v) is 1.74. The smallest absolute Gasteiger partial charge is 0.324 e. The lowest BCUT2D eigenvalue weighted by Gasteiger charge is -2.13. The summed E-state index contributed by atoms with van der Waals surface area (Å²) in [5.74, 6) is 0.444. The molecule has 2 amide bonds. The van der Waals surface area contributed by atoms with Gasteiger partial charge < -0.3 is 11.1 Å². The minimum atomic E-state index is -0.610. The third-order valence-electron chi connectivity index (χ3n) is 2.63. The molecule has 0 aliphatic carbocycles. The Balaban J connectivity index is 2.86. The van der Waals surface area contributed by atoms with Crippen LogP contribution in [-0.2, 0) is 6.42 Å². The minimum absolute atomic E-state index is 0.267. The van der Waals surface area contributed by atoms with Crippen molar-refractivity contribution in [2.75, 3.05) is 5.32 Å². The minimum Gasteiger partial charge on any atom is -0.388 e. The molecule has 0 bridgehead atoms. The first-order valence-electron chi connectivity index (χ1n) is 6.43. The Morgan fingerprint density at radius 2 is 1.95 bits per heavy atom. The van der Waals surface area contributed by atoms with Gasteiger partial charge in [-0.05, 0) is 24.0 Å². The molecule has 0 aliphatic rings. The van der Waals surface area contributed by atoms with Crippen molar-refractivity contribution in [1.82, 2.24) is 5.32 Å². The lowest BCUT2D eigenvalue weighted by atomic mass is 10.0. The number of nitrogens with zero attached hydrogens (tertiary/aromatic N) is 2. The Hall–Kier alpha value is -2.99. The Labute approximate surface area is 123 Å². The Kier molecular flexibility index (Phi) is 5.79. The van der Waals surface area contributed by atoms with E-state index in [0.29, 0.717) is 11.6 Å². The van der Waals surface area contributed by atoms with Crippen molar-refractivity contribution in [3.8, 4) is 12.1 Å². The van der Waals surface area contributed by atoms with Crippen LogP contribution in [0.2, 0.25) is 0 Å². The standard InChI is InChI=1S/C15H17N5O/c1-10(2)7-11-5-3-4-6-13(11)19-15(21)20-14(9-17)12(18)8-16/h3-6,10H,7,18H2,1-2H3,(H2,19,20,21)/b14-12-. The van der Waals surface area contributed by atoms with E-state index in [1.807, 2.05) is 18.2 Å². The molecule has 0 radical (unpaired) electrons. The monoisotopic (exact) mass is 283 g/mol. The summed E-state index contributed by atoms with van der Waals surface area (Å²) in [6.45, 7) is 4.17. The number of rotatable bonds is 4. The van der Waals surface area contributed by atoms with Gasteiger partial charge in [0.05, 0.1) is 0 Å². The van der Waals surface area contributed by atoms with Gasteiger partial charge in [-0.25, -0.2) is 4.79 Å². The second-order valence-electron chi connectivity index (χ2n) is 4.85. The van der Waals surface area contributed by atoms with E-state index in [4.69, 9.17) is 16.3 Å². The van der Waals surface area contributed by atoms with E-state index in [-0.39, 0.29) is 11.4 Å². The summed E-state index contributed by atoms with van der Waals surface area (Å²) in [5, 5.41) is 22.4. The number of para-hydroxylation sites is 1. The molecule has 0 saturated carbocycles. The van der Waals surface area contributed by atoms with Crippen LogP contribution in [0.5, 0.6) is 0 Å². The van der Waals surface area contributed by atoms with Crippen LogP contribution >= 0.6 is 0 Å². The average molecular weight is 283 g/mol. The second kappa shape index (κ2) is 7.56. The highest BCUT2D eigenvalue weighted by molar-refractivity contribution is 5.91. The largest absolute Gasteiger partial charge is 0.388 e. The van der Waals surface area contributed by atoms with Crippen LogP contribution in [0.3, 0.4) is 0 Å². The normalized spacial score (nSPS) is 11.1. The van der Waals surface area contributed by atoms with E-state index < -0.39 is 6.03 Å². The van der Waals surface area contributed by atoms with Gasteiger partial charge in [0.25, 0.3) is 0 Å². The van der Waals surface area contributed by atoms with Crippen molar-refractivity contribution in [3.63, 3.8) is 0 Å². The van der Waals surface area contributed by atoms with E-state index in [2.05, 4.69) is 24.5 Å². The summed E-state index contributed by atoms with van der Waals surface area (Å²) in [5.41, 5.74) is 6.38. The van der Waals surface area contributed by atoms with Gasteiger partial charge in [-0.1, -0.05) is 32.0 Å². The Morgan fingerprint density at radius 1 is 1.29 bits per heavy atom. The maximum atomic E-state index is 11.9. The molecule has 0 saturated heterocycles. The van der Waals surface area contributed by atoms with Crippen LogP contribution in [0.25, 0.3) is 0 Å². The third kappa shape index (κ3) is 4.88. The molecule has 0 fully saturated rings. The SMILES string of the molecule is CC(C)Cc1ccccc1NC(=O)N/C(C#N)=C(\N)C#N. The number of nitrogens with one attached hydrogen (secondary N) is 2. The van der Waals surface area contributed by atoms with Crippen LogP contribution in [0, 0.1) is 28.6 Å². The maximum absolute atomic E-state index is 11.9. The molecule has 0 atom stereocenters. The summed E-state index contributed by atoms with van der Waals surface area (Å²) in [7, 11) is 0. The number of benzene rings is 1. The number of carbonyl (C=O) groups is 1. The van der Waals surface area contributed by atoms with Gasteiger partial charge in [-0.3, -0.25) is 5.32 Å². The zero-order chi connectivity index (χ0) is 15.8. The first-order chi connectivity index (χ1) is 9.97. The number of urea groups is 1. The van der Waals surface area contributed by atoms with Crippen molar-refractivity contribution < 1.29 is 4.79 Å². The van der Waals surface area contributed by atoms with Crippen molar-refractivity contribution >= 4 is 11.7 Å². The molecule has 6 heteroatoms. The fourth-order valence-electron chi connectivity index (χ4n) is 1.74. The van der Waals surface area contributed by atoms with Crippen LogP contribution in [-0.4, -0.2) is 6.03 Å². The van der Waals surface area contributed by atoms with E-state index >= 15 is 0 Å². The zero-order valence-corrected chi connectivity index (χ0v) is 12.0. The van der Waals surface area contributed by atoms with Crippen molar-refractivity contribution in [2.45, 2.75) is 20.3 Å². The van der Waals surface area contributed by atoms with Gasteiger partial charge in [0, 0.05) is 5.69 Å². The molecule has 0 heterocycles. The predicted molar refractivity (Wildman–Crippen MR) is 79.6 cm³/mol. The first-order valence-corrected chi connectivity index (χ1v) is 6.43. The molecule has 4 N–H and O–H groups in total. The highest BCUT2D eigenvalue weighted by atomic mass is 16.2. The van der Waals surface area contributed by atoms with Crippen LogP contribution in [0.1, 0.15) is 19.4 Å². The van der Waals surface area contributed by atoms with E-state index in [1.54, 1.807) is 18.2 Å². The molecule has 0 unspecified atom stereocenters. The first kappa shape index (κ1) is 16.1. The van der Waals surface area contributed by atoms with Crippen molar-refractivity contribution in [3.05, 3.63) is 41.2 Å². The molecule has 108 valence electrons. The fraction of sp³-hybridized carbons (Fsp3) is 0.267. The lowest BCUT2D eigenvalue weighted by molar-refractivity contribution is 0.254. The van der Waals surface area contributed by atoms with E-state index in [1.165, 1.54) is 0 Å². The Bertz CT molecular complexity index is 634. The van der Waals surface area contributed by atoms with Gasteiger partial charge in [0.1, 0.15) is 17.8 Å². The molecule has 1 rings (SSSR count). The molecule has 0 aliphatic heterocycles. The molecular weight excluding hydrogens is 266 g/mol.